The molecular formula is C13H24O5. The summed E-state index contributed by atoms with van der Waals surface area (Å²) in [6.07, 6.45) is 2.64. The topological polar surface area (TPSA) is 46.2 Å². The lowest BCUT2D eigenvalue weighted by atomic mass is 10.2. The molecule has 0 radical (unpaired) electrons. The second kappa shape index (κ2) is 7.86. The maximum atomic E-state index is 5.79. The SMILES string of the molecule is CCOC(OCC)[C@]1(OCC)C=C[C@H](OCC)O1. The Labute approximate surface area is 109 Å². The smallest absolute Gasteiger partial charge is 0.243 e. The molecule has 0 saturated carbocycles. The van der Waals surface area contributed by atoms with Gasteiger partial charge in [-0.1, -0.05) is 0 Å². The lowest BCUT2D eigenvalue weighted by Crippen LogP contribution is -2.48. The van der Waals surface area contributed by atoms with Crippen molar-refractivity contribution in [1.82, 2.24) is 0 Å². The molecule has 1 aliphatic rings. The zero-order valence-electron chi connectivity index (χ0n) is 11.7. The van der Waals surface area contributed by atoms with Crippen LogP contribution >= 0.6 is 0 Å². The van der Waals surface area contributed by atoms with E-state index in [2.05, 4.69) is 0 Å². The third-order valence-corrected chi connectivity index (χ3v) is 2.45. The van der Waals surface area contributed by atoms with Gasteiger partial charge in [0.25, 0.3) is 0 Å². The van der Waals surface area contributed by atoms with E-state index in [0.717, 1.165) is 0 Å². The molecule has 1 aliphatic heterocycles. The van der Waals surface area contributed by atoms with Crippen LogP contribution in [0.3, 0.4) is 0 Å². The van der Waals surface area contributed by atoms with Crippen molar-refractivity contribution < 1.29 is 23.7 Å². The van der Waals surface area contributed by atoms with E-state index in [-0.39, 0.29) is 0 Å². The van der Waals surface area contributed by atoms with Crippen molar-refractivity contribution in [3.63, 3.8) is 0 Å². The van der Waals surface area contributed by atoms with Gasteiger partial charge in [0.05, 0.1) is 0 Å². The Kier molecular flexibility index (Phi) is 6.81. The zero-order chi connectivity index (χ0) is 13.4. The van der Waals surface area contributed by atoms with Crippen LogP contribution < -0.4 is 0 Å². The van der Waals surface area contributed by atoms with E-state index >= 15 is 0 Å². The molecule has 1 rings (SSSR count). The molecule has 0 aromatic rings. The van der Waals surface area contributed by atoms with Gasteiger partial charge >= 0.3 is 0 Å². The van der Waals surface area contributed by atoms with E-state index in [1.165, 1.54) is 0 Å². The second-order valence-corrected chi connectivity index (χ2v) is 3.70. The van der Waals surface area contributed by atoms with Crippen LogP contribution in [0.2, 0.25) is 0 Å². The van der Waals surface area contributed by atoms with Crippen LogP contribution in [0.15, 0.2) is 12.2 Å². The largest absolute Gasteiger partial charge is 0.349 e. The summed E-state index contributed by atoms with van der Waals surface area (Å²) in [7, 11) is 0. The Morgan fingerprint density at radius 1 is 1.06 bits per heavy atom. The highest BCUT2D eigenvalue weighted by molar-refractivity contribution is 5.07. The van der Waals surface area contributed by atoms with E-state index in [0.29, 0.717) is 26.4 Å². The number of hydrogen-bond donors (Lipinski definition) is 0. The van der Waals surface area contributed by atoms with Crippen molar-refractivity contribution in [2.45, 2.75) is 46.1 Å². The number of rotatable bonds is 9. The van der Waals surface area contributed by atoms with E-state index in [1.54, 1.807) is 0 Å². The third kappa shape index (κ3) is 3.76. The first-order valence-electron chi connectivity index (χ1n) is 6.58. The molecular weight excluding hydrogens is 236 g/mol. The van der Waals surface area contributed by atoms with Crippen molar-refractivity contribution in [3.05, 3.63) is 12.2 Å². The fourth-order valence-electron chi connectivity index (χ4n) is 1.82. The summed E-state index contributed by atoms with van der Waals surface area (Å²) in [6.45, 7) is 9.76. The van der Waals surface area contributed by atoms with E-state index in [1.807, 2.05) is 39.8 Å². The summed E-state index contributed by atoms with van der Waals surface area (Å²) < 4.78 is 28.0. The fraction of sp³-hybridized carbons (Fsp3) is 0.846. The quantitative estimate of drug-likeness (QED) is 0.469. The first-order valence-corrected chi connectivity index (χ1v) is 6.58. The minimum atomic E-state index is -1.01. The molecule has 5 nitrogen and oxygen atoms in total. The minimum Gasteiger partial charge on any atom is -0.349 e. The van der Waals surface area contributed by atoms with Gasteiger partial charge in [0.1, 0.15) is 0 Å². The van der Waals surface area contributed by atoms with E-state index < -0.39 is 18.4 Å². The van der Waals surface area contributed by atoms with E-state index in [9.17, 15) is 0 Å². The Morgan fingerprint density at radius 2 is 1.72 bits per heavy atom. The van der Waals surface area contributed by atoms with Gasteiger partial charge in [0, 0.05) is 26.4 Å². The average Bonchev–Trinajstić information content (AvgIpc) is 2.74. The molecule has 0 unspecified atom stereocenters. The molecule has 0 aromatic heterocycles. The fourth-order valence-corrected chi connectivity index (χ4v) is 1.82. The lowest BCUT2D eigenvalue weighted by Gasteiger charge is -2.34. The molecule has 0 bridgehead atoms. The molecule has 0 aliphatic carbocycles. The lowest BCUT2D eigenvalue weighted by molar-refractivity contribution is -0.348. The molecule has 0 saturated heterocycles. The normalized spacial score (nSPS) is 27.3. The molecule has 0 amide bonds. The highest BCUT2D eigenvalue weighted by atomic mass is 16.8. The van der Waals surface area contributed by atoms with Crippen molar-refractivity contribution in [3.8, 4) is 0 Å². The molecule has 0 fully saturated rings. The summed E-state index contributed by atoms with van der Waals surface area (Å²) in [5.74, 6) is -1.01. The maximum absolute atomic E-state index is 5.79. The molecule has 18 heavy (non-hydrogen) atoms. The van der Waals surface area contributed by atoms with Gasteiger partial charge in [-0.25, -0.2) is 0 Å². The average molecular weight is 260 g/mol. The van der Waals surface area contributed by atoms with Crippen LogP contribution in [0, 0.1) is 0 Å². The monoisotopic (exact) mass is 260 g/mol. The third-order valence-electron chi connectivity index (χ3n) is 2.45. The summed E-state index contributed by atoms with van der Waals surface area (Å²) in [6, 6.07) is 0. The highest BCUT2D eigenvalue weighted by Crippen LogP contribution is 2.31. The van der Waals surface area contributed by atoms with Crippen molar-refractivity contribution in [2.24, 2.45) is 0 Å². The highest BCUT2D eigenvalue weighted by Gasteiger charge is 2.46. The van der Waals surface area contributed by atoms with Crippen LogP contribution in [-0.4, -0.2) is 44.8 Å². The number of hydrogen-bond acceptors (Lipinski definition) is 5. The van der Waals surface area contributed by atoms with Gasteiger partial charge in [-0.2, -0.15) is 0 Å². The van der Waals surface area contributed by atoms with Crippen molar-refractivity contribution >= 4 is 0 Å². The van der Waals surface area contributed by atoms with Crippen LogP contribution in [0.25, 0.3) is 0 Å². The summed E-state index contributed by atoms with van der Waals surface area (Å²) in [4.78, 5) is 0. The van der Waals surface area contributed by atoms with Crippen LogP contribution in [0.4, 0.5) is 0 Å². The van der Waals surface area contributed by atoms with Gasteiger partial charge in [-0.15, -0.1) is 0 Å². The Bertz CT molecular complexity index is 250. The maximum Gasteiger partial charge on any atom is 0.243 e. The first kappa shape index (κ1) is 15.6. The second-order valence-electron chi connectivity index (χ2n) is 3.70. The first-order chi connectivity index (χ1) is 8.72. The van der Waals surface area contributed by atoms with Crippen LogP contribution in [0.5, 0.6) is 0 Å². The van der Waals surface area contributed by atoms with Gasteiger partial charge in [-0.05, 0) is 39.8 Å². The predicted molar refractivity (Wildman–Crippen MR) is 67.0 cm³/mol. The van der Waals surface area contributed by atoms with Gasteiger partial charge in [0.2, 0.25) is 12.1 Å². The van der Waals surface area contributed by atoms with Crippen molar-refractivity contribution in [1.29, 1.82) is 0 Å². The Hall–Kier alpha value is -0.460. The zero-order valence-corrected chi connectivity index (χ0v) is 11.7. The minimum absolute atomic E-state index is 0.412. The molecule has 1 heterocycles. The Balaban J connectivity index is 2.76. The summed E-state index contributed by atoms with van der Waals surface area (Å²) >= 11 is 0. The molecule has 2 atom stereocenters. The van der Waals surface area contributed by atoms with Gasteiger partial charge in [-0.3, -0.25) is 0 Å². The Morgan fingerprint density at radius 3 is 2.22 bits per heavy atom. The number of ether oxygens (including phenoxy) is 5. The molecule has 106 valence electrons. The molecule has 0 spiro atoms. The van der Waals surface area contributed by atoms with Crippen LogP contribution in [0.1, 0.15) is 27.7 Å². The van der Waals surface area contributed by atoms with Gasteiger partial charge < -0.3 is 23.7 Å². The van der Waals surface area contributed by atoms with Crippen molar-refractivity contribution in [2.75, 3.05) is 26.4 Å². The molecule has 0 aromatic carbocycles. The van der Waals surface area contributed by atoms with E-state index in [4.69, 9.17) is 23.7 Å². The molecule has 5 heteroatoms. The summed E-state index contributed by atoms with van der Waals surface area (Å²) in [5, 5.41) is 0. The standard InChI is InChI=1S/C13H24O5/c1-5-14-11-9-10-13(18-11,17-8-4)12(15-6-2)16-7-3/h9-12H,5-8H2,1-4H3/t11-,13+/m1/s1. The van der Waals surface area contributed by atoms with Gasteiger partial charge in [0.15, 0.2) is 6.29 Å². The van der Waals surface area contributed by atoms with Crippen LogP contribution in [-0.2, 0) is 23.7 Å². The molecule has 0 N–H and O–H groups in total. The summed E-state index contributed by atoms with van der Waals surface area (Å²) in [5.41, 5.74) is 0. The predicted octanol–water partition coefficient (Wildman–Crippen LogP) is 2.07.